The number of sulfonamides is 1. The molecule has 1 N–H and O–H groups in total. The molecule has 4 nitrogen and oxygen atoms in total. The van der Waals surface area contributed by atoms with Crippen LogP contribution in [0.2, 0.25) is 0 Å². The van der Waals surface area contributed by atoms with Crippen LogP contribution in [0.25, 0.3) is 0 Å². The molecule has 0 aliphatic rings. The average Bonchev–Trinajstić information content (AvgIpc) is 2.79. The van der Waals surface area contributed by atoms with E-state index in [0.29, 0.717) is 17.5 Å². The molecule has 0 bridgehead atoms. The first-order chi connectivity index (χ1) is 9.40. The molecule has 0 aliphatic carbocycles. The van der Waals surface area contributed by atoms with Gasteiger partial charge in [0.25, 0.3) is 0 Å². The third-order valence-corrected chi connectivity index (χ3v) is 5.41. The Kier molecular flexibility index (Phi) is 4.52. The highest BCUT2D eigenvalue weighted by molar-refractivity contribution is 7.89. The Bertz CT molecular complexity index is 674. The highest BCUT2D eigenvalue weighted by Crippen LogP contribution is 2.21. The van der Waals surface area contributed by atoms with Crippen molar-refractivity contribution >= 4 is 21.4 Å². The quantitative estimate of drug-likeness (QED) is 0.922. The van der Waals surface area contributed by atoms with Crippen molar-refractivity contribution in [3.63, 3.8) is 0 Å². The maximum absolute atomic E-state index is 13.2. The van der Waals surface area contributed by atoms with Crippen LogP contribution in [0.4, 0.5) is 4.39 Å². The molecule has 2 rings (SSSR count). The van der Waals surface area contributed by atoms with Crippen LogP contribution >= 0.6 is 11.3 Å². The van der Waals surface area contributed by atoms with E-state index in [-0.39, 0.29) is 11.4 Å². The zero-order valence-electron chi connectivity index (χ0n) is 11.2. The van der Waals surface area contributed by atoms with Gasteiger partial charge in [0.05, 0.1) is 9.90 Å². The maximum atomic E-state index is 13.2. The number of thiazole rings is 1. The lowest BCUT2D eigenvalue weighted by molar-refractivity contribution is 0.578. The molecule has 2 aromatic rings. The van der Waals surface area contributed by atoms with Gasteiger partial charge in [0.15, 0.2) is 0 Å². The van der Waals surface area contributed by atoms with Gasteiger partial charge in [0.1, 0.15) is 5.82 Å². The van der Waals surface area contributed by atoms with E-state index in [0.717, 1.165) is 5.01 Å². The third kappa shape index (κ3) is 3.41. The Morgan fingerprint density at radius 1 is 1.30 bits per heavy atom. The number of aromatic nitrogens is 1. The summed E-state index contributed by atoms with van der Waals surface area (Å²) in [4.78, 5) is 4.24. The van der Waals surface area contributed by atoms with Gasteiger partial charge in [-0.05, 0) is 37.1 Å². The van der Waals surface area contributed by atoms with E-state index < -0.39 is 15.8 Å². The topological polar surface area (TPSA) is 59.1 Å². The van der Waals surface area contributed by atoms with Crippen molar-refractivity contribution in [3.05, 3.63) is 45.7 Å². The summed E-state index contributed by atoms with van der Waals surface area (Å²) in [5.41, 5.74) is 0.813. The lowest BCUT2D eigenvalue weighted by Crippen LogP contribution is -2.27. The molecule has 0 aliphatic heterocycles. The summed E-state index contributed by atoms with van der Waals surface area (Å²) >= 11 is 1.48. The number of halogens is 1. The fourth-order valence-electron chi connectivity index (χ4n) is 2.06. The molecular formula is C13H15FN2O2S2. The standard InChI is InChI=1S/C13H15FN2O2S2/c1-9-7-11(14)8-10(2)13(9)20(17,18)16-4-3-12-15-5-6-19-12/h5-8,16H,3-4H2,1-2H3. The van der Waals surface area contributed by atoms with Crippen molar-refractivity contribution in [2.75, 3.05) is 6.54 Å². The van der Waals surface area contributed by atoms with Gasteiger partial charge in [0.2, 0.25) is 10.0 Å². The van der Waals surface area contributed by atoms with E-state index in [9.17, 15) is 12.8 Å². The van der Waals surface area contributed by atoms with Crippen LogP contribution in [-0.4, -0.2) is 19.9 Å². The number of hydrogen-bond acceptors (Lipinski definition) is 4. The highest BCUT2D eigenvalue weighted by atomic mass is 32.2. The molecule has 20 heavy (non-hydrogen) atoms. The second-order valence-corrected chi connectivity index (χ2v) is 7.13. The molecular weight excluding hydrogens is 299 g/mol. The van der Waals surface area contributed by atoms with Gasteiger partial charge in [-0.25, -0.2) is 22.5 Å². The zero-order chi connectivity index (χ0) is 14.8. The van der Waals surface area contributed by atoms with Crippen molar-refractivity contribution in [2.45, 2.75) is 25.2 Å². The van der Waals surface area contributed by atoms with Crippen LogP contribution in [-0.2, 0) is 16.4 Å². The molecule has 0 atom stereocenters. The summed E-state index contributed by atoms with van der Waals surface area (Å²) in [5, 5.41) is 2.72. The predicted octanol–water partition coefficient (Wildman–Crippen LogP) is 2.42. The van der Waals surface area contributed by atoms with Gasteiger partial charge < -0.3 is 0 Å². The van der Waals surface area contributed by atoms with Crippen LogP contribution in [0.3, 0.4) is 0 Å². The number of benzene rings is 1. The van der Waals surface area contributed by atoms with E-state index in [1.165, 1.54) is 23.5 Å². The minimum absolute atomic E-state index is 0.151. The molecule has 1 aromatic heterocycles. The second-order valence-electron chi connectivity index (χ2n) is 4.44. The number of nitrogens with zero attached hydrogens (tertiary/aromatic N) is 1. The largest absolute Gasteiger partial charge is 0.250 e. The van der Waals surface area contributed by atoms with Crippen molar-refractivity contribution in [1.82, 2.24) is 9.71 Å². The maximum Gasteiger partial charge on any atom is 0.241 e. The monoisotopic (exact) mass is 314 g/mol. The average molecular weight is 314 g/mol. The summed E-state index contributed by atoms with van der Waals surface area (Å²) in [7, 11) is -3.63. The summed E-state index contributed by atoms with van der Waals surface area (Å²) in [6, 6.07) is 2.45. The second kappa shape index (κ2) is 5.99. The molecule has 7 heteroatoms. The van der Waals surface area contributed by atoms with Gasteiger partial charge in [0, 0.05) is 24.5 Å². The number of hydrogen-bond donors (Lipinski definition) is 1. The highest BCUT2D eigenvalue weighted by Gasteiger charge is 2.19. The Hall–Kier alpha value is -1.31. The summed E-state index contributed by atoms with van der Waals surface area (Å²) in [5.74, 6) is -0.429. The molecule has 1 heterocycles. The number of aryl methyl sites for hydroxylation is 2. The van der Waals surface area contributed by atoms with E-state index in [1.54, 1.807) is 20.0 Å². The van der Waals surface area contributed by atoms with E-state index in [2.05, 4.69) is 9.71 Å². The normalized spacial score (nSPS) is 11.8. The minimum Gasteiger partial charge on any atom is -0.250 e. The van der Waals surface area contributed by atoms with Crippen molar-refractivity contribution < 1.29 is 12.8 Å². The van der Waals surface area contributed by atoms with Crippen LogP contribution in [0, 0.1) is 19.7 Å². The van der Waals surface area contributed by atoms with Crippen LogP contribution in [0.1, 0.15) is 16.1 Å². The summed E-state index contributed by atoms with van der Waals surface area (Å²) in [6.07, 6.45) is 2.22. The Labute approximate surface area is 121 Å². The van der Waals surface area contributed by atoms with Gasteiger partial charge in [-0.2, -0.15) is 0 Å². The fourth-order valence-corrected chi connectivity index (χ4v) is 4.16. The first-order valence-electron chi connectivity index (χ1n) is 6.05. The van der Waals surface area contributed by atoms with Crippen LogP contribution < -0.4 is 4.72 Å². The minimum atomic E-state index is -3.63. The molecule has 0 saturated carbocycles. The Morgan fingerprint density at radius 2 is 1.95 bits per heavy atom. The molecule has 0 saturated heterocycles. The SMILES string of the molecule is Cc1cc(F)cc(C)c1S(=O)(=O)NCCc1nccs1. The van der Waals surface area contributed by atoms with Crippen molar-refractivity contribution in [3.8, 4) is 0 Å². The first-order valence-corrected chi connectivity index (χ1v) is 8.41. The van der Waals surface area contributed by atoms with Gasteiger partial charge >= 0.3 is 0 Å². The Balaban J connectivity index is 2.14. The lowest BCUT2D eigenvalue weighted by atomic mass is 10.1. The Morgan fingerprint density at radius 3 is 2.50 bits per heavy atom. The smallest absolute Gasteiger partial charge is 0.241 e. The predicted molar refractivity (Wildman–Crippen MR) is 76.9 cm³/mol. The summed E-state index contributed by atoms with van der Waals surface area (Å²) in [6.45, 7) is 3.45. The lowest BCUT2D eigenvalue weighted by Gasteiger charge is -2.11. The molecule has 0 fully saturated rings. The van der Waals surface area contributed by atoms with Gasteiger partial charge in [-0.1, -0.05) is 0 Å². The van der Waals surface area contributed by atoms with Gasteiger partial charge in [-0.15, -0.1) is 11.3 Å². The molecule has 0 unspecified atom stereocenters. The van der Waals surface area contributed by atoms with Crippen LogP contribution in [0.5, 0.6) is 0 Å². The molecule has 108 valence electrons. The van der Waals surface area contributed by atoms with E-state index >= 15 is 0 Å². The third-order valence-electron chi connectivity index (χ3n) is 2.81. The first kappa shape index (κ1) is 15.1. The zero-order valence-corrected chi connectivity index (χ0v) is 12.8. The van der Waals surface area contributed by atoms with Crippen molar-refractivity contribution in [1.29, 1.82) is 0 Å². The molecule has 0 spiro atoms. The van der Waals surface area contributed by atoms with Crippen molar-refractivity contribution in [2.24, 2.45) is 0 Å². The number of nitrogens with one attached hydrogen (secondary N) is 1. The van der Waals surface area contributed by atoms with E-state index in [1.807, 2.05) is 5.38 Å². The van der Waals surface area contributed by atoms with Crippen LogP contribution in [0.15, 0.2) is 28.6 Å². The molecule has 0 radical (unpaired) electrons. The summed E-state index contributed by atoms with van der Waals surface area (Å²) < 4.78 is 40.3. The van der Waals surface area contributed by atoms with Gasteiger partial charge in [-0.3, -0.25) is 0 Å². The molecule has 0 amide bonds. The fraction of sp³-hybridized carbons (Fsp3) is 0.308. The molecule has 1 aromatic carbocycles. The van der Waals surface area contributed by atoms with E-state index in [4.69, 9.17) is 0 Å². The number of rotatable bonds is 5.